The molecule has 1 aromatic heterocycles. The van der Waals surface area contributed by atoms with Crippen molar-refractivity contribution in [1.29, 1.82) is 0 Å². The van der Waals surface area contributed by atoms with Crippen molar-refractivity contribution in [1.82, 2.24) is 14.9 Å². The summed E-state index contributed by atoms with van der Waals surface area (Å²) in [6, 6.07) is 6.47. The van der Waals surface area contributed by atoms with Crippen molar-refractivity contribution in [3.63, 3.8) is 0 Å². The van der Waals surface area contributed by atoms with Crippen LogP contribution in [0.15, 0.2) is 18.2 Å². The van der Waals surface area contributed by atoms with Crippen LogP contribution >= 0.6 is 0 Å². The van der Waals surface area contributed by atoms with E-state index in [-0.39, 0.29) is 0 Å². The predicted molar refractivity (Wildman–Crippen MR) is 82.9 cm³/mol. The monoisotopic (exact) mass is 289 g/mol. The molecule has 114 valence electrons. The summed E-state index contributed by atoms with van der Waals surface area (Å²) in [5, 5.41) is 3.50. The first-order valence-corrected chi connectivity index (χ1v) is 7.66. The summed E-state index contributed by atoms with van der Waals surface area (Å²) in [7, 11) is 1.69. The van der Waals surface area contributed by atoms with E-state index in [9.17, 15) is 0 Å². The van der Waals surface area contributed by atoms with E-state index in [0.29, 0.717) is 6.04 Å². The van der Waals surface area contributed by atoms with Crippen molar-refractivity contribution < 1.29 is 9.47 Å². The molecule has 21 heavy (non-hydrogen) atoms. The van der Waals surface area contributed by atoms with Gasteiger partial charge in [-0.25, -0.2) is 4.98 Å². The van der Waals surface area contributed by atoms with Crippen molar-refractivity contribution in [3.8, 4) is 5.75 Å². The third kappa shape index (κ3) is 3.04. The average molecular weight is 289 g/mol. The quantitative estimate of drug-likeness (QED) is 0.914. The third-order valence-corrected chi connectivity index (χ3v) is 3.91. The minimum absolute atomic E-state index is 0.355. The molecular weight excluding hydrogens is 266 g/mol. The molecule has 0 spiro atoms. The molecule has 1 N–H and O–H groups in total. The first kappa shape index (κ1) is 14.4. The molecule has 2 aromatic rings. The molecule has 1 aliphatic heterocycles. The molecular formula is C16H23N3O2. The van der Waals surface area contributed by atoms with E-state index in [4.69, 9.17) is 14.5 Å². The van der Waals surface area contributed by atoms with Gasteiger partial charge in [-0.1, -0.05) is 6.92 Å². The van der Waals surface area contributed by atoms with Gasteiger partial charge in [-0.2, -0.15) is 0 Å². The number of ether oxygens (including phenoxy) is 2. The van der Waals surface area contributed by atoms with E-state index in [1.54, 1.807) is 7.11 Å². The Morgan fingerprint density at radius 2 is 2.38 bits per heavy atom. The van der Waals surface area contributed by atoms with Gasteiger partial charge in [0.05, 0.1) is 31.4 Å². The number of rotatable bonds is 5. The van der Waals surface area contributed by atoms with Crippen LogP contribution < -0.4 is 10.1 Å². The number of aryl methyl sites for hydroxylation is 1. The van der Waals surface area contributed by atoms with Crippen molar-refractivity contribution in [2.24, 2.45) is 0 Å². The Morgan fingerprint density at radius 3 is 3.10 bits per heavy atom. The zero-order chi connectivity index (χ0) is 14.7. The zero-order valence-corrected chi connectivity index (χ0v) is 12.8. The predicted octanol–water partition coefficient (Wildman–Crippen LogP) is 1.99. The maximum absolute atomic E-state index is 5.55. The number of methoxy groups -OCH3 is 1. The fourth-order valence-corrected chi connectivity index (χ4v) is 2.89. The Morgan fingerprint density at radius 1 is 1.48 bits per heavy atom. The van der Waals surface area contributed by atoms with E-state index in [1.165, 1.54) is 5.52 Å². The summed E-state index contributed by atoms with van der Waals surface area (Å²) in [4.78, 5) is 4.82. The van der Waals surface area contributed by atoms with Gasteiger partial charge in [0.15, 0.2) is 0 Å². The largest absolute Gasteiger partial charge is 0.497 e. The maximum atomic E-state index is 5.55. The Labute approximate surface area is 125 Å². The molecule has 0 bridgehead atoms. The molecule has 1 atom stereocenters. The molecule has 0 radical (unpaired) electrons. The summed E-state index contributed by atoms with van der Waals surface area (Å²) < 4.78 is 13.2. The van der Waals surface area contributed by atoms with Gasteiger partial charge in [0, 0.05) is 31.6 Å². The van der Waals surface area contributed by atoms with Crippen LogP contribution in [0, 0.1) is 0 Å². The zero-order valence-electron chi connectivity index (χ0n) is 12.8. The second kappa shape index (κ2) is 6.45. The van der Waals surface area contributed by atoms with E-state index in [2.05, 4.69) is 22.9 Å². The summed E-state index contributed by atoms with van der Waals surface area (Å²) >= 11 is 0. The number of aromatic nitrogens is 2. The Kier molecular flexibility index (Phi) is 4.41. The topological polar surface area (TPSA) is 48.3 Å². The second-order valence-electron chi connectivity index (χ2n) is 5.46. The lowest BCUT2D eigenvalue weighted by Crippen LogP contribution is -2.43. The Bertz CT molecular complexity index is 603. The lowest BCUT2D eigenvalue weighted by Gasteiger charge is -2.23. The van der Waals surface area contributed by atoms with Crippen molar-refractivity contribution in [3.05, 3.63) is 24.0 Å². The number of imidazole rings is 1. The van der Waals surface area contributed by atoms with Crippen LogP contribution in [0.2, 0.25) is 0 Å². The molecule has 1 fully saturated rings. The number of hydrogen-bond acceptors (Lipinski definition) is 4. The van der Waals surface area contributed by atoms with Gasteiger partial charge in [-0.05, 0) is 18.6 Å². The fraction of sp³-hybridized carbons (Fsp3) is 0.562. The smallest absolute Gasteiger partial charge is 0.121 e. The summed E-state index contributed by atoms with van der Waals surface area (Å²) in [5.74, 6) is 1.98. The third-order valence-electron chi connectivity index (χ3n) is 3.91. The summed E-state index contributed by atoms with van der Waals surface area (Å²) in [5.41, 5.74) is 2.19. The lowest BCUT2D eigenvalue weighted by molar-refractivity contribution is 0.0761. The molecule has 0 amide bonds. The first-order valence-electron chi connectivity index (χ1n) is 7.66. The molecule has 2 heterocycles. The number of hydrogen-bond donors (Lipinski definition) is 1. The standard InChI is InChI=1S/C16H23N3O2/c1-3-7-19-15-5-4-13(20-2)10-14(15)18-16(19)9-12-11-21-8-6-17-12/h4-5,10,12,17H,3,6-9,11H2,1-2H3. The molecule has 1 saturated heterocycles. The Hall–Kier alpha value is -1.59. The van der Waals surface area contributed by atoms with Crippen molar-refractivity contribution in [2.75, 3.05) is 26.9 Å². The van der Waals surface area contributed by atoms with Crippen LogP contribution in [0.4, 0.5) is 0 Å². The van der Waals surface area contributed by atoms with Gasteiger partial charge in [0.2, 0.25) is 0 Å². The molecule has 5 heteroatoms. The van der Waals surface area contributed by atoms with Crippen LogP contribution in [0.5, 0.6) is 5.75 Å². The molecule has 5 nitrogen and oxygen atoms in total. The number of morpholine rings is 1. The minimum atomic E-state index is 0.355. The van der Waals surface area contributed by atoms with E-state index < -0.39 is 0 Å². The van der Waals surface area contributed by atoms with Gasteiger partial charge in [-0.3, -0.25) is 0 Å². The highest BCUT2D eigenvalue weighted by atomic mass is 16.5. The summed E-state index contributed by atoms with van der Waals surface area (Å²) in [6.45, 7) is 5.68. The number of benzene rings is 1. The van der Waals surface area contributed by atoms with E-state index in [0.717, 1.165) is 56.2 Å². The fourth-order valence-electron chi connectivity index (χ4n) is 2.89. The van der Waals surface area contributed by atoms with Gasteiger partial charge in [0.25, 0.3) is 0 Å². The van der Waals surface area contributed by atoms with E-state index >= 15 is 0 Å². The van der Waals surface area contributed by atoms with Crippen molar-refractivity contribution >= 4 is 11.0 Å². The average Bonchev–Trinajstić information content (AvgIpc) is 2.85. The minimum Gasteiger partial charge on any atom is -0.497 e. The Balaban J connectivity index is 1.93. The summed E-state index contributed by atoms with van der Waals surface area (Å²) in [6.07, 6.45) is 2.00. The van der Waals surface area contributed by atoms with Gasteiger partial charge < -0.3 is 19.4 Å². The van der Waals surface area contributed by atoms with Crippen LogP contribution in [0.3, 0.4) is 0 Å². The normalized spacial score (nSPS) is 19.0. The second-order valence-corrected chi connectivity index (χ2v) is 5.46. The maximum Gasteiger partial charge on any atom is 0.121 e. The van der Waals surface area contributed by atoms with Crippen LogP contribution in [0.1, 0.15) is 19.2 Å². The highest BCUT2D eigenvalue weighted by molar-refractivity contribution is 5.77. The van der Waals surface area contributed by atoms with Gasteiger partial charge in [-0.15, -0.1) is 0 Å². The molecule has 1 unspecified atom stereocenters. The highest BCUT2D eigenvalue weighted by Gasteiger charge is 2.18. The number of nitrogens with zero attached hydrogens (tertiary/aromatic N) is 2. The van der Waals surface area contributed by atoms with Crippen LogP contribution in [0.25, 0.3) is 11.0 Å². The number of nitrogens with one attached hydrogen (secondary N) is 1. The van der Waals surface area contributed by atoms with Crippen LogP contribution in [-0.4, -0.2) is 42.5 Å². The molecule has 0 aliphatic carbocycles. The van der Waals surface area contributed by atoms with Crippen molar-refractivity contribution in [2.45, 2.75) is 32.4 Å². The molecule has 0 saturated carbocycles. The first-order chi connectivity index (χ1) is 10.3. The van der Waals surface area contributed by atoms with E-state index in [1.807, 2.05) is 12.1 Å². The van der Waals surface area contributed by atoms with Gasteiger partial charge in [0.1, 0.15) is 11.6 Å². The van der Waals surface area contributed by atoms with Crippen LogP contribution in [-0.2, 0) is 17.7 Å². The molecule has 1 aromatic carbocycles. The SMILES string of the molecule is CCCn1c(CC2COCCN2)nc2cc(OC)ccc21. The lowest BCUT2D eigenvalue weighted by atomic mass is 10.2. The number of fused-ring (bicyclic) bond motifs is 1. The molecule has 3 rings (SSSR count). The highest BCUT2D eigenvalue weighted by Crippen LogP contribution is 2.23. The van der Waals surface area contributed by atoms with Gasteiger partial charge >= 0.3 is 0 Å². The molecule has 1 aliphatic rings.